The Balaban J connectivity index is 1.71. The van der Waals surface area contributed by atoms with Crippen molar-refractivity contribution in [2.75, 3.05) is 7.11 Å². The lowest BCUT2D eigenvalue weighted by Gasteiger charge is -2.10. The van der Waals surface area contributed by atoms with E-state index in [0.29, 0.717) is 21.8 Å². The molecule has 136 valence electrons. The molecule has 4 rings (SSSR count). The van der Waals surface area contributed by atoms with Gasteiger partial charge in [0, 0.05) is 12.8 Å². The zero-order valence-corrected chi connectivity index (χ0v) is 15.7. The highest BCUT2D eigenvalue weighted by atomic mass is 32.2. The summed E-state index contributed by atoms with van der Waals surface area (Å²) < 4.78 is 20.4. The number of rotatable bonds is 4. The number of hydrogen-bond donors (Lipinski definition) is 0. The quantitative estimate of drug-likeness (QED) is 0.296. The second-order valence-corrected chi connectivity index (χ2v) is 7.18. The molecule has 0 unspecified atom stereocenters. The smallest absolute Gasteiger partial charge is 0.261 e. The van der Waals surface area contributed by atoms with Crippen LogP contribution in [0.2, 0.25) is 0 Å². The maximum Gasteiger partial charge on any atom is 0.261 e. The third-order valence-corrected chi connectivity index (χ3v) is 5.59. The van der Waals surface area contributed by atoms with E-state index in [1.807, 2.05) is 42.5 Å². The molecule has 0 aliphatic carbocycles. The van der Waals surface area contributed by atoms with E-state index in [4.69, 9.17) is 4.74 Å². The van der Waals surface area contributed by atoms with Gasteiger partial charge < -0.3 is 4.74 Å². The van der Waals surface area contributed by atoms with E-state index in [1.165, 1.54) is 24.9 Å². The van der Waals surface area contributed by atoms with Gasteiger partial charge in [0.2, 0.25) is 0 Å². The number of hydrogen-bond acceptors (Lipinski definition) is 4. The lowest BCUT2D eigenvalue weighted by Crippen LogP contribution is -2.20. The standard InChI is InChI=1S/C21H17FN2O2S/c1-24-20(25)16-10-14-5-3-4-6-15(14)11-18(16)23-21(24)27-12-13-7-8-19(26-2)17(22)9-13/h3-11H,12H2,1-2H3. The summed E-state index contributed by atoms with van der Waals surface area (Å²) in [5.41, 5.74) is 1.38. The number of ether oxygens (including phenoxy) is 1. The van der Waals surface area contributed by atoms with Gasteiger partial charge in [0.15, 0.2) is 16.7 Å². The van der Waals surface area contributed by atoms with Crippen LogP contribution in [0.15, 0.2) is 64.5 Å². The van der Waals surface area contributed by atoms with Crippen molar-refractivity contribution >= 4 is 33.4 Å². The molecule has 0 amide bonds. The van der Waals surface area contributed by atoms with Crippen molar-refractivity contribution in [1.82, 2.24) is 9.55 Å². The van der Waals surface area contributed by atoms with Crippen molar-refractivity contribution in [3.63, 3.8) is 0 Å². The Hall–Kier alpha value is -2.86. The summed E-state index contributed by atoms with van der Waals surface area (Å²) >= 11 is 1.40. The fourth-order valence-corrected chi connectivity index (χ4v) is 3.93. The first-order valence-electron chi connectivity index (χ1n) is 8.41. The third-order valence-electron chi connectivity index (χ3n) is 4.49. The predicted molar refractivity (Wildman–Crippen MR) is 107 cm³/mol. The van der Waals surface area contributed by atoms with Crippen LogP contribution < -0.4 is 10.3 Å². The average Bonchev–Trinajstić information content (AvgIpc) is 2.68. The molecule has 27 heavy (non-hydrogen) atoms. The Bertz CT molecular complexity index is 1220. The van der Waals surface area contributed by atoms with Gasteiger partial charge in [0.05, 0.1) is 18.0 Å². The third kappa shape index (κ3) is 3.28. The van der Waals surface area contributed by atoms with Gasteiger partial charge >= 0.3 is 0 Å². The van der Waals surface area contributed by atoms with Gasteiger partial charge in [-0.05, 0) is 40.6 Å². The van der Waals surface area contributed by atoms with Gasteiger partial charge in [-0.25, -0.2) is 9.37 Å². The topological polar surface area (TPSA) is 44.1 Å². The van der Waals surface area contributed by atoms with Crippen LogP contribution in [0.4, 0.5) is 4.39 Å². The summed E-state index contributed by atoms with van der Waals surface area (Å²) in [5.74, 6) is 0.314. The normalized spacial score (nSPS) is 11.2. The first-order valence-corrected chi connectivity index (χ1v) is 9.40. The molecule has 1 aromatic heterocycles. The van der Waals surface area contributed by atoms with Gasteiger partial charge in [0.25, 0.3) is 5.56 Å². The van der Waals surface area contributed by atoms with E-state index in [0.717, 1.165) is 16.3 Å². The van der Waals surface area contributed by atoms with Gasteiger partial charge in [-0.3, -0.25) is 9.36 Å². The lowest BCUT2D eigenvalue weighted by molar-refractivity contribution is 0.386. The van der Waals surface area contributed by atoms with Crippen LogP contribution >= 0.6 is 11.8 Å². The van der Waals surface area contributed by atoms with Crippen LogP contribution in [0.5, 0.6) is 5.75 Å². The van der Waals surface area contributed by atoms with Crippen LogP contribution in [0.1, 0.15) is 5.56 Å². The monoisotopic (exact) mass is 380 g/mol. The molecule has 0 aliphatic rings. The van der Waals surface area contributed by atoms with Crippen molar-refractivity contribution in [2.45, 2.75) is 10.9 Å². The van der Waals surface area contributed by atoms with E-state index >= 15 is 0 Å². The van der Waals surface area contributed by atoms with Crippen LogP contribution in [0, 0.1) is 5.82 Å². The molecule has 0 saturated heterocycles. The van der Waals surface area contributed by atoms with E-state index in [1.54, 1.807) is 17.7 Å². The Labute approximate surface area is 159 Å². The highest BCUT2D eigenvalue weighted by Gasteiger charge is 2.11. The summed E-state index contributed by atoms with van der Waals surface area (Å²) in [4.78, 5) is 17.4. The SMILES string of the molecule is COc1ccc(CSc2nc3cc4ccccc4cc3c(=O)n2C)cc1F. The molecule has 0 aliphatic heterocycles. The van der Waals surface area contributed by atoms with Crippen molar-refractivity contribution in [3.05, 3.63) is 76.3 Å². The van der Waals surface area contributed by atoms with Crippen LogP contribution in [-0.2, 0) is 12.8 Å². The first-order chi connectivity index (χ1) is 13.1. The van der Waals surface area contributed by atoms with Crippen molar-refractivity contribution in [2.24, 2.45) is 7.05 Å². The number of halogens is 1. The molecule has 4 nitrogen and oxygen atoms in total. The number of benzene rings is 3. The molecule has 0 N–H and O–H groups in total. The number of aromatic nitrogens is 2. The second-order valence-electron chi connectivity index (χ2n) is 6.23. The van der Waals surface area contributed by atoms with Crippen molar-refractivity contribution in [3.8, 4) is 5.75 Å². The highest BCUT2D eigenvalue weighted by molar-refractivity contribution is 7.98. The van der Waals surface area contributed by atoms with E-state index < -0.39 is 5.82 Å². The number of nitrogens with zero attached hydrogens (tertiary/aromatic N) is 2. The largest absolute Gasteiger partial charge is 0.494 e. The predicted octanol–water partition coefficient (Wildman–Crippen LogP) is 4.53. The molecule has 3 aromatic carbocycles. The molecule has 0 bridgehead atoms. The van der Waals surface area contributed by atoms with Crippen molar-refractivity contribution in [1.29, 1.82) is 0 Å². The van der Waals surface area contributed by atoms with E-state index in [9.17, 15) is 9.18 Å². The number of fused-ring (bicyclic) bond motifs is 2. The maximum atomic E-state index is 13.9. The molecule has 6 heteroatoms. The van der Waals surface area contributed by atoms with Crippen LogP contribution in [-0.4, -0.2) is 16.7 Å². The molecule has 0 saturated carbocycles. The second kappa shape index (κ2) is 7.04. The lowest BCUT2D eigenvalue weighted by atomic mass is 10.1. The molecule has 0 radical (unpaired) electrons. The Morgan fingerprint density at radius 1 is 1.11 bits per heavy atom. The summed E-state index contributed by atoms with van der Waals surface area (Å²) in [6.07, 6.45) is 0. The van der Waals surface area contributed by atoms with Crippen LogP contribution in [0.3, 0.4) is 0 Å². The molecule has 0 atom stereocenters. The summed E-state index contributed by atoms with van der Waals surface area (Å²) in [6, 6.07) is 16.6. The molecule has 0 fully saturated rings. The summed E-state index contributed by atoms with van der Waals surface area (Å²) in [5, 5.41) is 3.24. The zero-order valence-electron chi connectivity index (χ0n) is 14.9. The Morgan fingerprint density at radius 2 is 1.85 bits per heavy atom. The molecule has 4 aromatic rings. The minimum Gasteiger partial charge on any atom is -0.494 e. The highest BCUT2D eigenvalue weighted by Crippen LogP contribution is 2.26. The van der Waals surface area contributed by atoms with E-state index in [2.05, 4.69) is 4.98 Å². The van der Waals surface area contributed by atoms with E-state index in [-0.39, 0.29) is 11.3 Å². The molecule has 1 heterocycles. The van der Waals surface area contributed by atoms with Gasteiger partial charge in [0.1, 0.15) is 0 Å². The minimum absolute atomic E-state index is 0.0887. The van der Waals surface area contributed by atoms with Gasteiger partial charge in [-0.1, -0.05) is 42.1 Å². The maximum absolute atomic E-state index is 13.9. The molecular formula is C21H17FN2O2S. The molecule has 0 spiro atoms. The number of methoxy groups -OCH3 is 1. The summed E-state index contributed by atoms with van der Waals surface area (Å²) in [6.45, 7) is 0. The average molecular weight is 380 g/mol. The van der Waals surface area contributed by atoms with Crippen molar-refractivity contribution < 1.29 is 9.13 Å². The Morgan fingerprint density at radius 3 is 2.56 bits per heavy atom. The fourth-order valence-electron chi connectivity index (χ4n) is 3.01. The Kier molecular flexibility index (Phi) is 4.58. The van der Waals surface area contributed by atoms with Gasteiger partial charge in [-0.15, -0.1) is 0 Å². The zero-order chi connectivity index (χ0) is 19.0. The number of thioether (sulfide) groups is 1. The first kappa shape index (κ1) is 17.5. The minimum atomic E-state index is -0.401. The molecular weight excluding hydrogens is 363 g/mol. The summed E-state index contributed by atoms with van der Waals surface area (Å²) in [7, 11) is 3.15. The fraction of sp³-hybridized carbons (Fsp3) is 0.143. The van der Waals surface area contributed by atoms with Gasteiger partial charge in [-0.2, -0.15) is 0 Å². The van der Waals surface area contributed by atoms with Crippen LogP contribution in [0.25, 0.3) is 21.7 Å².